The number of hydrogen-bond acceptors (Lipinski definition) is 5. The number of likely N-dealkylation sites (tertiary alicyclic amines) is 1. The Labute approximate surface area is 139 Å². The van der Waals surface area contributed by atoms with Crippen molar-refractivity contribution in [2.24, 2.45) is 5.92 Å². The second kappa shape index (κ2) is 7.29. The number of nitrogens with zero attached hydrogens (tertiary/aromatic N) is 3. The van der Waals surface area contributed by atoms with Crippen LogP contribution < -0.4 is 5.32 Å². The summed E-state index contributed by atoms with van der Waals surface area (Å²) < 4.78 is 4.82. The fourth-order valence-corrected chi connectivity index (χ4v) is 2.88. The average Bonchev–Trinajstić information content (AvgIpc) is 3.15. The molecule has 0 aromatic carbocycles. The smallest absolute Gasteiger partial charge is 0.409 e. The molecule has 0 bridgehead atoms. The lowest BCUT2D eigenvalue weighted by atomic mass is 10.1. The molecule has 1 atom stereocenters. The van der Waals surface area contributed by atoms with Crippen molar-refractivity contribution in [1.29, 1.82) is 0 Å². The molecule has 0 radical (unpaired) electrons. The van der Waals surface area contributed by atoms with Crippen LogP contribution in [0.15, 0.2) is 24.4 Å². The molecular formula is C16H20N4O4. The van der Waals surface area contributed by atoms with Crippen LogP contribution in [0.2, 0.25) is 0 Å². The molecule has 24 heavy (non-hydrogen) atoms. The maximum atomic E-state index is 12.2. The fourth-order valence-electron chi connectivity index (χ4n) is 2.88. The van der Waals surface area contributed by atoms with Crippen molar-refractivity contribution in [3.05, 3.63) is 30.1 Å². The van der Waals surface area contributed by atoms with E-state index in [0.29, 0.717) is 39.3 Å². The van der Waals surface area contributed by atoms with Gasteiger partial charge in [-0.2, -0.15) is 0 Å². The number of rotatable bonds is 6. The molecule has 2 aliphatic heterocycles. The molecule has 3 rings (SSSR count). The Morgan fingerprint density at radius 2 is 2.21 bits per heavy atom. The molecule has 3 heterocycles. The average molecular weight is 332 g/mol. The van der Waals surface area contributed by atoms with Crippen molar-refractivity contribution < 1.29 is 19.1 Å². The van der Waals surface area contributed by atoms with Crippen LogP contribution in [0.5, 0.6) is 0 Å². The summed E-state index contributed by atoms with van der Waals surface area (Å²) in [6.45, 7) is 2.54. The van der Waals surface area contributed by atoms with Crippen molar-refractivity contribution in [1.82, 2.24) is 20.1 Å². The number of carbonyl (C=O) groups excluding carboxylic acids is 3. The lowest BCUT2D eigenvalue weighted by Gasteiger charge is -2.17. The molecule has 8 heteroatoms. The van der Waals surface area contributed by atoms with Gasteiger partial charge in [0.15, 0.2) is 0 Å². The zero-order valence-corrected chi connectivity index (χ0v) is 13.3. The Morgan fingerprint density at radius 1 is 1.33 bits per heavy atom. The quantitative estimate of drug-likeness (QED) is 0.792. The van der Waals surface area contributed by atoms with Crippen LogP contribution >= 0.6 is 0 Å². The topological polar surface area (TPSA) is 91.8 Å². The first-order chi connectivity index (χ1) is 11.6. The minimum Gasteiger partial charge on any atom is -0.448 e. The summed E-state index contributed by atoms with van der Waals surface area (Å²) in [6.07, 6.45) is 1.55. The highest BCUT2D eigenvalue weighted by molar-refractivity contribution is 5.89. The molecule has 0 spiro atoms. The Bertz CT molecular complexity index is 622. The van der Waals surface area contributed by atoms with Crippen LogP contribution in [0.25, 0.3) is 0 Å². The molecular weight excluding hydrogens is 312 g/mol. The first-order valence-electron chi connectivity index (χ1n) is 8.00. The molecule has 2 fully saturated rings. The number of cyclic esters (lactones) is 1. The largest absolute Gasteiger partial charge is 0.448 e. The van der Waals surface area contributed by atoms with Gasteiger partial charge in [0.25, 0.3) is 0 Å². The van der Waals surface area contributed by atoms with Gasteiger partial charge in [0.2, 0.25) is 11.8 Å². The Morgan fingerprint density at radius 3 is 2.92 bits per heavy atom. The Kier molecular flexibility index (Phi) is 4.93. The first-order valence-corrected chi connectivity index (χ1v) is 8.00. The summed E-state index contributed by atoms with van der Waals surface area (Å²) in [5.74, 6) is -0.546. The lowest BCUT2D eigenvalue weighted by Crippen LogP contribution is -2.38. The fraction of sp³-hybridized carbons (Fsp3) is 0.500. The zero-order valence-electron chi connectivity index (χ0n) is 13.3. The highest BCUT2D eigenvalue weighted by atomic mass is 16.6. The number of pyridine rings is 1. The molecule has 0 unspecified atom stereocenters. The van der Waals surface area contributed by atoms with Crippen LogP contribution in [0.4, 0.5) is 4.79 Å². The highest BCUT2D eigenvalue weighted by Gasteiger charge is 2.34. The number of amides is 3. The van der Waals surface area contributed by atoms with Gasteiger partial charge in [0.05, 0.1) is 24.7 Å². The van der Waals surface area contributed by atoms with E-state index in [4.69, 9.17) is 4.74 Å². The van der Waals surface area contributed by atoms with E-state index >= 15 is 0 Å². The molecule has 2 saturated heterocycles. The second-order valence-electron chi connectivity index (χ2n) is 5.89. The third-order valence-corrected chi connectivity index (χ3v) is 4.19. The Balaban J connectivity index is 1.44. The Hall–Kier alpha value is -2.64. The zero-order chi connectivity index (χ0) is 16.9. The minimum absolute atomic E-state index is 0.0380. The predicted octanol–water partition coefficient (Wildman–Crippen LogP) is -0.00150. The van der Waals surface area contributed by atoms with Crippen LogP contribution in [0.1, 0.15) is 12.1 Å². The molecule has 3 amide bonds. The van der Waals surface area contributed by atoms with Gasteiger partial charge in [0, 0.05) is 32.3 Å². The van der Waals surface area contributed by atoms with E-state index in [0.717, 1.165) is 5.69 Å². The predicted molar refractivity (Wildman–Crippen MR) is 83.7 cm³/mol. The summed E-state index contributed by atoms with van der Waals surface area (Å²) in [5, 5.41) is 2.79. The molecule has 2 aliphatic rings. The summed E-state index contributed by atoms with van der Waals surface area (Å²) in [5.41, 5.74) is 0.805. The molecule has 0 saturated carbocycles. The van der Waals surface area contributed by atoms with Gasteiger partial charge in [-0.3, -0.25) is 14.6 Å². The van der Waals surface area contributed by atoms with Gasteiger partial charge in [-0.15, -0.1) is 0 Å². The summed E-state index contributed by atoms with van der Waals surface area (Å²) in [4.78, 5) is 43.0. The minimum atomic E-state index is -0.355. The van der Waals surface area contributed by atoms with Gasteiger partial charge in [-0.1, -0.05) is 6.07 Å². The van der Waals surface area contributed by atoms with E-state index in [-0.39, 0.29) is 30.2 Å². The van der Waals surface area contributed by atoms with Crippen LogP contribution in [0.3, 0.4) is 0 Å². The van der Waals surface area contributed by atoms with Crippen LogP contribution in [-0.4, -0.2) is 65.5 Å². The number of aromatic nitrogens is 1. The lowest BCUT2D eigenvalue weighted by molar-refractivity contribution is -0.129. The van der Waals surface area contributed by atoms with E-state index in [2.05, 4.69) is 10.3 Å². The van der Waals surface area contributed by atoms with Crippen molar-refractivity contribution >= 4 is 17.9 Å². The van der Waals surface area contributed by atoms with E-state index in [9.17, 15) is 14.4 Å². The number of ether oxygens (including phenoxy) is 1. The summed E-state index contributed by atoms with van der Waals surface area (Å²) in [7, 11) is 0. The van der Waals surface area contributed by atoms with Gasteiger partial charge < -0.3 is 19.9 Å². The van der Waals surface area contributed by atoms with Gasteiger partial charge in [-0.25, -0.2) is 4.79 Å². The van der Waals surface area contributed by atoms with E-state index in [1.165, 1.54) is 0 Å². The van der Waals surface area contributed by atoms with E-state index in [1.807, 2.05) is 18.2 Å². The first kappa shape index (κ1) is 16.2. The van der Waals surface area contributed by atoms with Crippen LogP contribution in [0, 0.1) is 5.92 Å². The SMILES string of the molecule is O=C(NCCN1CCOC1=O)[C@H]1CC(=O)N(Cc2ccccn2)C1. The maximum absolute atomic E-state index is 12.2. The van der Waals surface area contributed by atoms with Crippen molar-refractivity contribution in [2.75, 3.05) is 32.8 Å². The normalized spacial score (nSPS) is 20.4. The highest BCUT2D eigenvalue weighted by Crippen LogP contribution is 2.19. The van der Waals surface area contributed by atoms with Crippen molar-refractivity contribution in [3.63, 3.8) is 0 Å². The molecule has 1 N–H and O–H groups in total. The molecule has 128 valence electrons. The number of hydrogen-bond donors (Lipinski definition) is 1. The monoisotopic (exact) mass is 332 g/mol. The van der Waals surface area contributed by atoms with Gasteiger partial charge in [0.1, 0.15) is 6.61 Å². The van der Waals surface area contributed by atoms with Gasteiger partial charge >= 0.3 is 6.09 Å². The van der Waals surface area contributed by atoms with E-state index < -0.39 is 0 Å². The standard InChI is InChI=1S/C16H20N4O4/c21-14-9-12(10-20(14)11-13-3-1-2-4-17-13)15(22)18-5-6-19-7-8-24-16(19)23/h1-4,12H,5-11H2,(H,18,22)/t12-/m0/s1. The van der Waals surface area contributed by atoms with Crippen molar-refractivity contribution in [2.45, 2.75) is 13.0 Å². The van der Waals surface area contributed by atoms with E-state index in [1.54, 1.807) is 16.0 Å². The summed E-state index contributed by atoms with van der Waals surface area (Å²) >= 11 is 0. The number of nitrogens with one attached hydrogen (secondary N) is 1. The molecule has 0 aliphatic carbocycles. The summed E-state index contributed by atoms with van der Waals surface area (Å²) in [6, 6.07) is 5.55. The second-order valence-corrected chi connectivity index (χ2v) is 5.89. The number of carbonyl (C=O) groups is 3. The third kappa shape index (κ3) is 3.81. The van der Waals surface area contributed by atoms with Gasteiger partial charge in [-0.05, 0) is 12.1 Å². The third-order valence-electron chi connectivity index (χ3n) is 4.19. The molecule has 8 nitrogen and oxygen atoms in total. The van der Waals surface area contributed by atoms with Crippen LogP contribution in [-0.2, 0) is 20.9 Å². The van der Waals surface area contributed by atoms with Crippen molar-refractivity contribution in [3.8, 4) is 0 Å². The maximum Gasteiger partial charge on any atom is 0.409 e. The molecule has 1 aromatic heterocycles. The molecule has 1 aromatic rings.